The first kappa shape index (κ1) is 10.4. The van der Waals surface area contributed by atoms with Crippen molar-refractivity contribution in [3.05, 3.63) is 12.2 Å². The third-order valence-electron chi connectivity index (χ3n) is 1.74. The van der Waals surface area contributed by atoms with Crippen molar-refractivity contribution in [2.75, 3.05) is 0 Å². The van der Waals surface area contributed by atoms with Crippen molar-refractivity contribution < 1.29 is 4.79 Å². The first-order valence-electron chi connectivity index (χ1n) is 4.37. The van der Waals surface area contributed by atoms with Gasteiger partial charge < -0.3 is 0 Å². The molecule has 11 heavy (non-hydrogen) atoms. The summed E-state index contributed by atoms with van der Waals surface area (Å²) in [5, 5.41) is 0. The molecule has 1 heteroatoms. The third kappa shape index (κ3) is 5.84. The van der Waals surface area contributed by atoms with Crippen molar-refractivity contribution >= 4 is 6.29 Å². The van der Waals surface area contributed by atoms with Crippen LogP contribution in [0, 0.1) is 5.92 Å². The minimum absolute atomic E-state index is 0.150. The van der Waals surface area contributed by atoms with Crippen molar-refractivity contribution in [1.29, 1.82) is 0 Å². The second-order valence-corrected chi connectivity index (χ2v) is 2.68. The Morgan fingerprint density at radius 3 is 2.55 bits per heavy atom. The van der Waals surface area contributed by atoms with Crippen molar-refractivity contribution in [2.24, 2.45) is 5.92 Å². The first-order valence-corrected chi connectivity index (χ1v) is 4.37. The summed E-state index contributed by atoms with van der Waals surface area (Å²) < 4.78 is 0. The Morgan fingerprint density at radius 1 is 1.36 bits per heavy atom. The standard InChI is InChI=1S/C10H17O/c1-3-5-6-7-8-10(4-2)9-11/h5-6,10H,3-4,7-8H2,1-2H3/b6-5-. The van der Waals surface area contributed by atoms with E-state index in [4.69, 9.17) is 0 Å². The molecule has 1 nitrogen and oxygen atoms in total. The van der Waals surface area contributed by atoms with Crippen LogP contribution in [0.1, 0.15) is 39.5 Å². The largest absolute Gasteiger partial charge is 0.291 e. The highest BCUT2D eigenvalue weighted by Gasteiger charge is 2.02. The molecular formula is C10H17O. The molecule has 63 valence electrons. The van der Waals surface area contributed by atoms with Crippen molar-refractivity contribution in [1.82, 2.24) is 0 Å². The van der Waals surface area contributed by atoms with Crippen LogP contribution < -0.4 is 0 Å². The van der Waals surface area contributed by atoms with E-state index >= 15 is 0 Å². The van der Waals surface area contributed by atoms with Crippen LogP contribution >= 0.6 is 0 Å². The molecular weight excluding hydrogens is 136 g/mol. The van der Waals surface area contributed by atoms with Gasteiger partial charge in [0.1, 0.15) is 0 Å². The maximum Gasteiger partial charge on any atom is 0.201 e. The van der Waals surface area contributed by atoms with Gasteiger partial charge in [-0.05, 0) is 25.7 Å². The molecule has 0 amide bonds. The second-order valence-electron chi connectivity index (χ2n) is 2.68. The molecule has 0 heterocycles. The average molecular weight is 153 g/mol. The third-order valence-corrected chi connectivity index (χ3v) is 1.74. The summed E-state index contributed by atoms with van der Waals surface area (Å²) in [4.78, 5) is 10.3. The monoisotopic (exact) mass is 153 g/mol. The molecule has 0 aliphatic heterocycles. The molecule has 1 unspecified atom stereocenters. The van der Waals surface area contributed by atoms with Gasteiger partial charge in [-0.2, -0.15) is 0 Å². The highest BCUT2D eigenvalue weighted by atomic mass is 16.1. The van der Waals surface area contributed by atoms with Crippen LogP contribution in [0.4, 0.5) is 0 Å². The van der Waals surface area contributed by atoms with Crippen LogP contribution in [0.2, 0.25) is 0 Å². The van der Waals surface area contributed by atoms with E-state index in [1.165, 1.54) is 0 Å². The molecule has 0 aliphatic rings. The molecule has 0 aromatic heterocycles. The maximum atomic E-state index is 10.3. The van der Waals surface area contributed by atoms with Gasteiger partial charge in [-0.1, -0.05) is 26.0 Å². The van der Waals surface area contributed by atoms with Crippen LogP contribution in [0.3, 0.4) is 0 Å². The number of carbonyl (C=O) groups excluding carboxylic acids is 1. The summed E-state index contributed by atoms with van der Waals surface area (Å²) in [6.07, 6.45) is 10.3. The Morgan fingerprint density at radius 2 is 2.09 bits per heavy atom. The van der Waals surface area contributed by atoms with Gasteiger partial charge in [-0.15, -0.1) is 0 Å². The zero-order chi connectivity index (χ0) is 8.53. The lowest BCUT2D eigenvalue weighted by Gasteiger charge is -2.01. The normalized spacial score (nSPS) is 13.6. The van der Waals surface area contributed by atoms with E-state index in [1.807, 2.05) is 13.2 Å². The Bertz CT molecular complexity index is 116. The number of hydrogen-bond acceptors (Lipinski definition) is 1. The summed E-state index contributed by atoms with van der Waals surface area (Å²) in [7, 11) is 0. The predicted molar refractivity (Wildman–Crippen MR) is 48.1 cm³/mol. The Labute approximate surface area is 69.5 Å². The zero-order valence-electron chi connectivity index (χ0n) is 7.47. The van der Waals surface area contributed by atoms with Gasteiger partial charge in [-0.25, -0.2) is 0 Å². The quantitative estimate of drug-likeness (QED) is 0.536. The Hall–Kier alpha value is -0.590. The van der Waals surface area contributed by atoms with Crippen molar-refractivity contribution in [3.63, 3.8) is 0 Å². The van der Waals surface area contributed by atoms with E-state index in [1.54, 1.807) is 0 Å². The molecule has 1 atom stereocenters. The van der Waals surface area contributed by atoms with E-state index in [9.17, 15) is 4.79 Å². The van der Waals surface area contributed by atoms with Gasteiger partial charge in [0.15, 0.2) is 0 Å². The Balaban J connectivity index is 3.35. The fourth-order valence-corrected chi connectivity index (χ4v) is 0.928. The number of allylic oxidation sites excluding steroid dienone is 2. The number of hydrogen-bond donors (Lipinski definition) is 0. The lowest BCUT2D eigenvalue weighted by atomic mass is 10.0. The van der Waals surface area contributed by atoms with Gasteiger partial charge >= 0.3 is 0 Å². The minimum Gasteiger partial charge on any atom is -0.291 e. The summed E-state index contributed by atoms with van der Waals surface area (Å²) in [6.45, 7) is 4.14. The van der Waals surface area contributed by atoms with Gasteiger partial charge in [0.2, 0.25) is 6.29 Å². The van der Waals surface area contributed by atoms with E-state index in [0.29, 0.717) is 0 Å². The highest BCUT2D eigenvalue weighted by molar-refractivity contribution is 5.54. The van der Waals surface area contributed by atoms with Crippen LogP contribution in [-0.4, -0.2) is 6.29 Å². The molecule has 0 aromatic carbocycles. The Kier molecular flexibility index (Phi) is 7.11. The van der Waals surface area contributed by atoms with E-state index < -0.39 is 0 Å². The summed E-state index contributed by atoms with van der Waals surface area (Å²) >= 11 is 0. The molecule has 0 saturated heterocycles. The predicted octanol–water partition coefficient (Wildman–Crippen LogP) is 2.87. The molecule has 0 N–H and O–H groups in total. The van der Waals surface area contributed by atoms with E-state index in [0.717, 1.165) is 25.7 Å². The summed E-state index contributed by atoms with van der Waals surface area (Å²) in [5.74, 6) is 0.150. The lowest BCUT2D eigenvalue weighted by molar-refractivity contribution is 0.501. The fraction of sp³-hybridized carbons (Fsp3) is 0.700. The van der Waals surface area contributed by atoms with Crippen molar-refractivity contribution in [3.8, 4) is 0 Å². The van der Waals surface area contributed by atoms with Crippen LogP contribution in [0.15, 0.2) is 12.2 Å². The molecule has 1 radical (unpaired) electrons. The molecule has 0 saturated carbocycles. The molecule has 0 bridgehead atoms. The molecule has 0 aliphatic carbocycles. The van der Waals surface area contributed by atoms with Crippen LogP contribution in [-0.2, 0) is 4.79 Å². The van der Waals surface area contributed by atoms with E-state index in [-0.39, 0.29) is 5.92 Å². The van der Waals surface area contributed by atoms with Crippen LogP contribution in [0.25, 0.3) is 0 Å². The van der Waals surface area contributed by atoms with Crippen LogP contribution in [0.5, 0.6) is 0 Å². The number of rotatable bonds is 6. The van der Waals surface area contributed by atoms with Gasteiger partial charge in [0, 0.05) is 5.92 Å². The van der Waals surface area contributed by atoms with E-state index in [2.05, 4.69) is 19.1 Å². The van der Waals surface area contributed by atoms with Gasteiger partial charge in [0.05, 0.1) is 0 Å². The van der Waals surface area contributed by atoms with Gasteiger partial charge in [0.25, 0.3) is 0 Å². The summed E-state index contributed by atoms with van der Waals surface area (Å²) in [5.41, 5.74) is 0. The topological polar surface area (TPSA) is 17.1 Å². The molecule has 0 rings (SSSR count). The fourth-order valence-electron chi connectivity index (χ4n) is 0.928. The van der Waals surface area contributed by atoms with Gasteiger partial charge in [-0.3, -0.25) is 4.79 Å². The second kappa shape index (κ2) is 7.52. The molecule has 0 fully saturated rings. The summed E-state index contributed by atoms with van der Waals surface area (Å²) in [6, 6.07) is 0. The smallest absolute Gasteiger partial charge is 0.201 e. The zero-order valence-corrected chi connectivity index (χ0v) is 7.47. The van der Waals surface area contributed by atoms with Crippen molar-refractivity contribution in [2.45, 2.75) is 39.5 Å². The lowest BCUT2D eigenvalue weighted by Crippen LogP contribution is -1.98. The molecule has 0 spiro atoms. The highest BCUT2D eigenvalue weighted by Crippen LogP contribution is 2.07. The minimum atomic E-state index is 0.150. The molecule has 0 aromatic rings. The first-order chi connectivity index (χ1) is 5.35. The average Bonchev–Trinajstić information content (AvgIpc) is 2.05. The SMILES string of the molecule is CC/C=C\CCC([C]=O)CC. The maximum absolute atomic E-state index is 10.3.